The number of amides is 2. The van der Waals surface area contributed by atoms with Gasteiger partial charge in [-0.05, 0) is 49.8 Å². The molecule has 1 heterocycles. The van der Waals surface area contributed by atoms with Crippen molar-refractivity contribution in [2.24, 2.45) is 5.92 Å². The predicted molar refractivity (Wildman–Crippen MR) is 128 cm³/mol. The molecule has 1 aliphatic rings. The highest BCUT2D eigenvalue weighted by Crippen LogP contribution is 2.23. The maximum atomic E-state index is 13.4. The molecule has 3 rings (SSSR count). The van der Waals surface area contributed by atoms with Gasteiger partial charge in [-0.15, -0.1) is 0 Å². The lowest BCUT2D eigenvalue weighted by molar-refractivity contribution is -0.134. The van der Waals surface area contributed by atoms with Gasteiger partial charge in [0, 0.05) is 19.6 Å². The van der Waals surface area contributed by atoms with Crippen LogP contribution in [0.1, 0.15) is 56.0 Å². The van der Waals surface area contributed by atoms with Crippen LogP contribution < -0.4 is 4.74 Å². The molecule has 172 valence electrons. The number of rotatable bonds is 5. The molecule has 32 heavy (non-hydrogen) atoms. The number of hydrogen-bond acceptors (Lipinski definition) is 3. The molecule has 0 saturated heterocycles. The lowest BCUT2D eigenvalue weighted by atomic mass is 10.0. The standard InChI is InChI=1S/C27H36N2O3/c1-4-28-16-10-11-17-29(26(30)19-22-12-6-5-7-13-22)23(18-21(2)3)20-32-25-15-9-8-14-24(25)27(28)31/h5-9,12-15,21,23H,4,10-11,16-20H2,1-3H3/t23-/m0/s1. The second-order valence-corrected chi connectivity index (χ2v) is 8.93. The molecule has 5 nitrogen and oxygen atoms in total. The summed E-state index contributed by atoms with van der Waals surface area (Å²) in [5.41, 5.74) is 1.63. The van der Waals surface area contributed by atoms with Crippen LogP contribution in [-0.4, -0.2) is 53.9 Å². The molecule has 0 bridgehead atoms. The molecule has 0 fully saturated rings. The third-order valence-corrected chi connectivity index (χ3v) is 6.00. The molecule has 2 amide bonds. The second kappa shape index (κ2) is 11.7. The monoisotopic (exact) mass is 436 g/mol. The number of carbonyl (C=O) groups excluding carboxylic acids is 2. The minimum atomic E-state index is -0.0314. The average Bonchev–Trinajstić information content (AvgIpc) is 2.79. The molecule has 0 N–H and O–H groups in total. The molecule has 2 aromatic carbocycles. The molecule has 1 atom stereocenters. The molecule has 0 spiro atoms. The summed E-state index contributed by atoms with van der Waals surface area (Å²) in [4.78, 5) is 30.4. The lowest BCUT2D eigenvalue weighted by Gasteiger charge is -2.34. The Morgan fingerprint density at radius 3 is 2.44 bits per heavy atom. The van der Waals surface area contributed by atoms with E-state index < -0.39 is 0 Å². The lowest BCUT2D eigenvalue weighted by Crippen LogP contribution is -2.46. The van der Waals surface area contributed by atoms with E-state index >= 15 is 0 Å². The van der Waals surface area contributed by atoms with E-state index in [0.717, 1.165) is 24.8 Å². The van der Waals surface area contributed by atoms with Crippen LogP contribution in [0.2, 0.25) is 0 Å². The Balaban J connectivity index is 1.88. The van der Waals surface area contributed by atoms with Crippen molar-refractivity contribution in [2.45, 2.75) is 52.5 Å². The largest absolute Gasteiger partial charge is 0.491 e. The maximum absolute atomic E-state index is 13.4. The summed E-state index contributed by atoms with van der Waals surface area (Å²) in [7, 11) is 0. The average molecular weight is 437 g/mol. The van der Waals surface area contributed by atoms with Gasteiger partial charge in [0.25, 0.3) is 5.91 Å². The summed E-state index contributed by atoms with van der Waals surface area (Å²) in [6.45, 7) is 8.74. The van der Waals surface area contributed by atoms with Crippen LogP contribution in [-0.2, 0) is 11.2 Å². The van der Waals surface area contributed by atoms with Crippen molar-refractivity contribution in [2.75, 3.05) is 26.2 Å². The third kappa shape index (κ3) is 6.35. The van der Waals surface area contributed by atoms with Crippen LogP contribution in [0, 0.1) is 5.92 Å². The molecule has 0 radical (unpaired) electrons. The van der Waals surface area contributed by atoms with Crippen LogP contribution in [0.5, 0.6) is 5.75 Å². The molecular weight excluding hydrogens is 400 g/mol. The number of hydrogen-bond donors (Lipinski definition) is 0. The summed E-state index contributed by atoms with van der Waals surface area (Å²) in [6, 6.07) is 17.4. The Kier molecular flexibility index (Phi) is 8.72. The number of para-hydroxylation sites is 1. The molecule has 0 aromatic heterocycles. The van der Waals surface area contributed by atoms with Crippen LogP contribution in [0.25, 0.3) is 0 Å². The highest BCUT2D eigenvalue weighted by Gasteiger charge is 2.27. The number of ether oxygens (including phenoxy) is 1. The van der Waals surface area contributed by atoms with Gasteiger partial charge in [-0.25, -0.2) is 0 Å². The summed E-state index contributed by atoms with van der Waals surface area (Å²) >= 11 is 0. The van der Waals surface area contributed by atoms with Crippen LogP contribution in [0.3, 0.4) is 0 Å². The van der Waals surface area contributed by atoms with E-state index in [1.807, 2.05) is 71.3 Å². The first-order chi connectivity index (χ1) is 15.5. The zero-order chi connectivity index (χ0) is 22.9. The van der Waals surface area contributed by atoms with Crippen molar-refractivity contribution < 1.29 is 14.3 Å². The quantitative estimate of drug-likeness (QED) is 0.676. The van der Waals surface area contributed by atoms with Crippen molar-refractivity contribution in [3.8, 4) is 5.75 Å². The maximum Gasteiger partial charge on any atom is 0.257 e. The topological polar surface area (TPSA) is 49.9 Å². The Bertz CT molecular complexity index is 881. The van der Waals surface area contributed by atoms with E-state index in [9.17, 15) is 9.59 Å². The van der Waals surface area contributed by atoms with E-state index in [1.165, 1.54) is 0 Å². The minimum Gasteiger partial charge on any atom is -0.491 e. The third-order valence-electron chi connectivity index (χ3n) is 6.00. The Morgan fingerprint density at radius 1 is 1.03 bits per heavy atom. The van der Waals surface area contributed by atoms with E-state index in [1.54, 1.807) is 0 Å². The summed E-state index contributed by atoms with van der Waals surface area (Å²) < 4.78 is 6.23. The Morgan fingerprint density at radius 2 is 1.72 bits per heavy atom. The van der Waals surface area contributed by atoms with Crippen LogP contribution in [0.4, 0.5) is 0 Å². The summed E-state index contributed by atoms with van der Waals surface area (Å²) in [5, 5.41) is 0. The first kappa shape index (κ1) is 23.8. The van der Waals surface area contributed by atoms with E-state index in [4.69, 9.17) is 4.74 Å². The molecular formula is C27H36N2O3. The zero-order valence-electron chi connectivity index (χ0n) is 19.6. The first-order valence-electron chi connectivity index (χ1n) is 11.8. The Labute approximate surface area is 192 Å². The van der Waals surface area contributed by atoms with Crippen molar-refractivity contribution in [3.63, 3.8) is 0 Å². The van der Waals surface area contributed by atoms with Gasteiger partial charge in [0.2, 0.25) is 5.91 Å². The second-order valence-electron chi connectivity index (χ2n) is 8.93. The van der Waals surface area contributed by atoms with Gasteiger partial charge in [-0.1, -0.05) is 56.3 Å². The van der Waals surface area contributed by atoms with Gasteiger partial charge in [0.15, 0.2) is 0 Å². The normalized spacial score (nSPS) is 17.9. The first-order valence-corrected chi connectivity index (χ1v) is 11.8. The van der Waals surface area contributed by atoms with Crippen molar-refractivity contribution >= 4 is 11.8 Å². The SMILES string of the molecule is CCN1CCCCN(C(=O)Cc2ccccc2)[C@@H](CC(C)C)COc2ccccc2C1=O. The Hall–Kier alpha value is -2.82. The number of carbonyl (C=O) groups is 2. The number of benzene rings is 2. The molecule has 5 heteroatoms. The fourth-order valence-corrected chi connectivity index (χ4v) is 4.33. The molecule has 0 saturated carbocycles. The fourth-order valence-electron chi connectivity index (χ4n) is 4.33. The van der Waals surface area contributed by atoms with E-state index in [2.05, 4.69) is 13.8 Å². The molecule has 0 aliphatic carbocycles. The highest BCUT2D eigenvalue weighted by atomic mass is 16.5. The molecule has 2 aromatic rings. The molecule has 1 aliphatic heterocycles. The van der Waals surface area contributed by atoms with Gasteiger partial charge >= 0.3 is 0 Å². The van der Waals surface area contributed by atoms with Gasteiger partial charge in [-0.3, -0.25) is 9.59 Å². The van der Waals surface area contributed by atoms with Gasteiger partial charge in [-0.2, -0.15) is 0 Å². The van der Waals surface area contributed by atoms with E-state index in [-0.39, 0.29) is 17.9 Å². The van der Waals surface area contributed by atoms with E-state index in [0.29, 0.717) is 49.9 Å². The summed E-state index contributed by atoms with van der Waals surface area (Å²) in [5.74, 6) is 1.18. The van der Waals surface area contributed by atoms with Gasteiger partial charge in [0.05, 0.1) is 18.0 Å². The highest BCUT2D eigenvalue weighted by molar-refractivity contribution is 5.97. The number of fused-ring (bicyclic) bond motifs is 1. The van der Waals surface area contributed by atoms with Crippen LogP contribution >= 0.6 is 0 Å². The van der Waals surface area contributed by atoms with Crippen molar-refractivity contribution in [3.05, 3.63) is 65.7 Å². The van der Waals surface area contributed by atoms with Crippen LogP contribution in [0.15, 0.2) is 54.6 Å². The predicted octanol–water partition coefficient (Wildman–Crippen LogP) is 4.81. The van der Waals surface area contributed by atoms with Gasteiger partial charge in [0.1, 0.15) is 12.4 Å². The number of nitrogens with zero attached hydrogens (tertiary/aromatic N) is 2. The summed E-state index contributed by atoms with van der Waals surface area (Å²) in [6.07, 6.45) is 2.98. The molecule has 0 unspecified atom stereocenters. The minimum absolute atomic E-state index is 0.0149. The van der Waals surface area contributed by atoms with Crippen molar-refractivity contribution in [1.82, 2.24) is 9.80 Å². The zero-order valence-corrected chi connectivity index (χ0v) is 19.6. The van der Waals surface area contributed by atoms with Crippen molar-refractivity contribution in [1.29, 1.82) is 0 Å². The fraction of sp³-hybridized carbons (Fsp3) is 0.481. The van der Waals surface area contributed by atoms with Gasteiger partial charge < -0.3 is 14.5 Å². The smallest absolute Gasteiger partial charge is 0.257 e.